The first kappa shape index (κ1) is 13.0. The number of amides is 2. The second-order valence-corrected chi connectivity index (χ2v) is 5.06. The molecule has 2 aliphatic heterocycles. The first-order valence-corrected chi connectivity index (χ1v) is 6.93. The Morgan fingerprint density at radius 1 is 1.35 bits per heavy atom. The molecule has 8 nitrogen and oxygen atoms in total. The first-order chi connectivity index (χ1) is 9.74. The van der Waals surface area contributed by atoms with E-state index in [1.165, 1.54) is 0 Å². The Morgan fingerprint density at radius 3 is 3.05 bits per heavy atom. The number of hydrogen-bond donors (Lipinski definition) is 3. The van der Waals surface area contributed by atoms with Gasteiger partial charge in [0, 0.05) is 32.5 Å². The molecule has 2 amide bonds. The first-order valence-electron chi connectivity index (χ1n) is 6.93. The van der Waals surface area contributed by atoms with E-state index in [9.17, 15) is 9.59 Å². The van der Waals surface area contributed by atoms with E-state index in [4.69, 9.17) is 0 Å². The summed E-state index contributed by atoms with van der Waals surface area (Å²) in [4.78, 5) is 23.0. The van der Waals surface area contributed by atoms with Crippen molar-refractivity contribution in [3.8, 4) is 0 Å². The Labute approximate surface area is 116 Å². The number of fused-ring (bicyclic) bond motifs is 1. The highest BCUT2D eigenvalue weighted by Crippen LogP contribution is 2.08. The van der Waals surface area contributed by atoms with Crippen LogP contribution in [0.3, 0.4) is 0 Å². The second-order valence-electron chi connectivity index (χ2n) is 5.06. The highest BCUT2D eigenvalue weighted by atomic mass is 16.2. The summed E-state index contributed by atoms with van der Waals surface area (Å²) >= 11 is 0. The number of rotatable bonds is 3. The van der Waals surface area contributed by atoms with Gasteiger partial charge in [-0.2, -0.15) is 0 Å². The second kappa shape index (κ2) is 5.58. The third kappa shape index (κ3) is 2.64. The lowest BCUT2D eigenvalue weighted by molar-refractivity contribution is -0.125. The summed E-state index contributed by atoms with van der Waals surface area (Å²) in [5, 5.41) is 17.1. The van der Waals surface area contributed by atoms with E-state index in [1.807, 2.05) is 4.57 Å². The fourth-order valence-corrected chi connectivity index (χ4v) is 2.56. The number of nitrogens with zero attached hydrogens (tertiary/aromatic N) is 3. The third-order valence-electron chi connectivity index (χ3n) is 3.67. The van der Waals surface area contributed by atoms with Gasteiger partial charge >= 0.3 is 0 Å². The summed E-state index contributed by atoms with van der Waals surface area (Å²) < 4.78 is 2.05. The highest BCUT2D eigenvalue weighted by Gasteiger charge is 2.27. The standard InChI is InChI=1S/C12H18N6O2/c19-11-2-1-8(15-11)12(20)14-7-10-17-16-9-3-4-13-5-6-18(9)10/h8,13H,1-7H2,(H,14,20)(H,15,19). The summed E-state index contributed by atoms with van der Waals surface area (Å²) in [5.41, 5.74) is 0. The minimum atomic E-state index is -0.407. The number of carbonyl (C=O) groups excluding carboxylic acids is 2. The topological polar surface area (TPSA) is 101 Å². The number of aromatic nitrogens is 3. The molecule has 1 aromatic heterocycles. The Bertz CT molecular complexity index is 526. The molecule has 3 N–H and O–H groups in total. The van der Waals surface area contributed by atoms with E-state index in [2.05, 4.69) is 26.1 Å². The van der Waals surface area contributed by atoms with Crippen LogP contribution < -0.4 is 16.0 Å². The third-order valence-corrected chi connectivity index (χ3v) is 3.67. The smallest absolute Gasteiger partial charge is 0.242 e. The van der Waals surface area contributed by atoms with Crippen molar-refractivity contribution in [2.24, 2.45) is 0 Å². The van der Waals surface area contributed by atoms with Crippen molar-refractivity contribution in [1.29, 1.82) is 0 Å². The SMILES string of the molecule is O=C1CCC(C(=O)NCc2nnc3n2CCNCC3)N1. The van der Waals surface area contributed by atoms with Crippen molar-refractivity contribution >= 4 is 11.8 Å². The fraction of sp³-hybridized carbons (Fsp3) is 0.667. The van der Waals surface area contributed by atoms with Crippen molar-refractivity contribution < 1.29 is 9.59 Å². The van der Waals surface area contributed by atoms with Gasteiger partial charge < -0.3 is 20.5 Å². The summed E-state index contributed by atoms with van der Waals surface area (Å²) in [5.74, 6) is 1.50. The molecule has 0 bridgehead atoms. The lowest BCUT2D eigenvalue weighted by Gasteiger charge is -2.11. The zero-order chi connectivity index (χ0) is 13.9. The lowest BCUT2D eigenvalue weighted by Crippen LogP contribution is -2.41. The van der Waals surface area contributed by atoms with Crippen LogP contribution in [0.25, 0.3) is 0 Å². The maximum Gasteiger partial charge on any atom is 0.242 e. The largest absolute Gasteiger partial charge is 0.347 e. The molecule has 1 fully saturated rings. The van der Waals surface area contributed by atoms with E-state index < -0.39 is 6.04 Å². The Morgan fingerprint density at radius 2 is 2.25 bits per heavy atom. The lowest BCUT2D eigenvalue weighted by atomic mass is 10.2. The van der Waals surface area contributed by atoms with Crippen molar-refractivity contribution in [3.63, 3.8) is 0 Å². The predicted molar refractivity (Wildman–Crippen MR) is 69.6 cm³/mol. The molecule has 108 valence electrons. The molecule has 0 aromatic carbocycles. The Balaban J connectivity index is 1.60. The van der Waals surface area contributed by atoms with E-state index in [-0.39, 0.29) is 11.8 Å². The number of hydrogen-bond acceptors (Lipinski definition) is 5. The molecule has 0 spiro atoms. The maximum absolute atomic E-state index is 11.9. The van der Waals surface area contributed by atoms with Crippen LogP contribution in [-0.2, 0) is 29.1 Å². The molecule has 1 saturated heterocycles. The van der Waals surface area contributed by atoms with Crippen LogP contribution in [-0.4, -0.2) is 45.7 Å². The number of carbonyl (C=O) groups is 2. The van der Waals surface area contributed by atoms with Gasteiger partial charge in [0.2, 0.25) is 11.8 Å². The summed E-state index contributed by atoms with van der Waals surface area (Å²) in [6.45, 7) is 2.94. The molecule has 1 aromatic rings. The van der Waals surface area contributed by atoms with Crippen molar-refractivity contribution in [2.45, 2.75) is 38.4 Å². The summed E-state index contributed by atoms with van der Waals surface area (Å²) in [6.07, 6.45) is 1.83. The van der Waals surface area contributed by atoms with Crippen molar-refractivity contribution in [3.05, 3.63) is 11.6 Å². The molecule has 1 unspecified atom stereocenters. The maximum atomic E-state index is 11.9. The zero-order valence-electron chi connectivity index (χ0n) is 11.2. The van der Waals surface area contributed by atoms with Crippen molar-refractivity contribution in [1.82, 2.24) is 30.7 Å². The normalized spacial score (nSPS) is 22.0. The van der Waals surface area contributed by atoms with Crippen LogP contribution >= 0.6 is 0 Å². The Kier molecular flexibility index (Phi) is 3.64. The van der Waals surface area contributed by atoms with Gasteiger partial charge in [0.1, 0.15) is 11.9 Å². The van der Waals surface area contributed by atoms with E-state index in [0.717, 1.165) is 37.7 Å². The molecule has 2 aliphatic rings. The van der Waals surface area contributed by atoms with Gasteiger partial charge in [-0.1, -0.05) is 0 Å². The molecular weight excluding hydrogens is 260 g/mol. The molecule has 1 atom stereocenters. The fourth-order valence-electron chi connectivity index (χ4n) is 2.56. The zero-order valence-corrected chi connectivity index (χ0v) is 11.2. The molecule has 20 heavy (non-hydrogen) atoms. The summed E-state index contributed by atoms with van der Waals surface area (Å²) in [6, 6.07) is -0.407. The minimum Gasteiger partial charge on any atom is -0.347 e. The quantitative estimate of drug-likeness (QED) is 0.613. The minimum absolute atomic E-state index is 0.0624. The molecule has 0 aliphatic carbocycles. The highest BCUT2D eigenvalue weighted by molar-refractivity contribution is 5.90. The summed E-state index contributed by atoms with van der Waals surface area (Å²) in [7, 11) is 0. The average Bonchev–Trinajstić information content (AvgIpc) is 2.96. The van der Waals surface area contributed by atoms with Gasteiger partial charge in [0.05, 0.1) is 6.54 Å². The van der Waals surface area contributed by atoms with Crippen LogP contribution in [0, 0.1) is 0 Å². The molecule has 3 rings (SSSR count). The molecular formula is C12H18N6O2. The number of nitrogens with one attached hydrogen (secondary N) is 3. The Hall–Kier alpha value is -1.96. The van der Waals surface area contributed by atoms with Gasteiger partial charge in [-0.15, -0.1) is 10.2 Å². The van der Waals surface area contributed by atoms with Gasteiger partial charge in [0.15, 0.2) is 5.82 Å². The van der Waals surface area contributed by atoms with E-state index in [1.54, 1.807) is 0 Å². The van der Waals surface area contributed by atoms with Crippen molar-refractivity contribution in [2.75, 3.05) is 13.1 Å². The predicted octanol–water partition coefficient (Wildman–Crippen LogP) is -1.68. The van der Waals surface area contributed by atoms with Gasteiger partial charge in [-0.25, -0.2) is 0 Å². The van der Waals surface area contributed by atoms with Crippen LogP contribution in [0.4, 0.5) is 0 Å². The van der Waals surface area contributed by atoms with E-state index >= 15 is 0 Å². The van der Waals surface area contributed by atoms with Crippen LogP contribution in [0.5, 0.6) is 0 Å². The molecule has 8 heteroatoms. The molecule has 0 saturated carbocycles. The van der Waals surface area contributed by atoms with E-state index in [0.29, 0.717) is 19.4 Å². The molecule has 3 heterocycles. The average molecular weight is 278 g/mol. The van der Waals surface area contributed by atoms with Gasteiger partial charge in [-0.3, -0.25) is 9.59 Å². The van der Waals surface area contributed by atoms with Crippen LogP contribution in [0.2, 0.25) is 0 Å². The van der Waals surface area contributed by atoms with Crippen LogP contribution in [0.15, 0.2) is 0 Å². The van der Waals surface area contributed by atoms with Crippen LogP contribution in [0.1, 0.15) is 24.5 Å². The van der Waals surface area contributed by atoms with Gasteiger partial charge in [0.25, 0.3) is 0 Å². The molecule has 0 radical (unpaired) electrons. The monoisotopic (exact) mass is 278 g/mol. The van der Waals surface area contributed by atoms with Gasteiger partial charge in [-0.05, 0) is 6.42 Å².